The topological polar surface area (TPSA) is 3.24 Å². The van der Waals surface area contributed by atoms with Crippen molar-refractivity contribution in [1.29, 1.82) is 0 Å². The summed E-state index contributed by atoms with van der Waals surface area (Å²) in [4.78, 5) is 2.66. The van der Waals surface area contributed by atoms with Crippen LogP contribution in [0.15, 0.2) is 60.2 Å². The van der Waals surface area contributed by atoms with Gasteiger partial charge in [0.25, 0.3) is 0 Å². The molecule has 1 heterocycles. The summed E-state index contributed by atoms with van der Waals surface area (Å²) in [7, 11) is 0. The maximum Gasteiger partial charge on any atom is 0.0165 e. The largest absolute Gasteiger partial charge is 0.299 e. The molecule has 0 aromatic heterocycles. The van der Waals surface area contributed by atoms with Crippen molar-refractivity contribution >= 4 is 0 Å². The second kappa shape index (κ2) is 6.80. The quantitative estimate of drug-likeness (QED) is 0.699. The van der Waals surface area contributed by atoms with Crippen molar-refractivity contribution in [2.45, 2.75) is 33.1 Å². The van der Waals surface area contributed by atoms with Gasteiger partial charge in [0.15, 0.2) is 0 Å². The lowest BCUT2D eigenvalue weighted by molar-refractivity contribution is 0.345. The molecule has 0 bridgehead atoms. The van der Waals surface area contributed by atoms with Crippen LogP contribution in [-0.4, -0.2) is 24.5 Å². The van der Waals surface area contributed by atoms with Gasteiger partial charge in [-0.05, 0) is 55.7 Å². The third-order valence-electron chi connectivity index (χ3n) is 6.03. The Labute approximate surface area is 152 Å². The third-order valence-corrected chi connectivity index (χ3v) is 6.03. The molecule has 1 saturated heterocycles. The first kappa shape index (κ1) is 16.6. The third kappa shape index (κ3) is 3.30. The molecule has 0 amide bonds. The van der Waals surface area contributed by atoms with E-state index in [1.807, 2.05) is 0 Å². The maximum atomic E-state index is 2.66. The second-order valence-corrected chi connectivity index (χ2v) is 8.22. The number of fused-ring (bicyclic) bond motifs is 2. The fraction of sp³-hybridized carbons (Fsp3) is 0.417. The van der Waals surface area contributed by atoms with E-state index in [2.05, 4.69) is 80.3 Å². The molecule has 4 rings (SSSR count). The summed E-state index contributed by atoms with van der Waals surface area (Å²) in [5.74, 6) is 2.07. The predicted molar refractivity (Wildman–Crippen MR) is 106 cm³/mol. The van der Waals surface area contributed by atoms with Crippen molar-refractivity contribution in [3.05, 3.63) is 82.4 Å². The van der Waals surface area contributed by atoms with Crippen molar-refractivity contribution < 1.29 is 0 Å². The summed E-state index contributed by atoms with van der Waals surface area (Å²) in [5.41, 5.74) is 7.46. The summed E-state index contributed by atoms with van der Waals surface area (Å²) in [5, 5.41) is 0. The van der Waals surface area contributed by atoms with Crippen LogP contribution in [0.1, 0.15) is 42.0 Å². The van der Waals surface area contributed by atoms with Crippen LogP contribution in [0.25, 0.3) is 0 Å². The van der Waals surface area contributed by atoms with Crippen LogP contribution in [0.5, 0.6) is 0 Å². The first-order valence-electron chi connectivity index (χ1n) is 9.62. The zero-order valence-corrected chi connectivity index (χ0v) is 15.7. The minimum atomic E-state index is 0.548. The van der Waals surface area contributed by atoms with Gasteiger partial charge in [-0.2, -0.15) is 0 Å². The van der Waals surface area contributed by atoms with E-state index < -0.39 is 0 Å². The second-order valence-electron chi connectivity index (χ2n) is 8.22. The molecule has 0 radical (unpaired) electrons. The monoisotopic (exact) mass is 331 g/mol. The van der Waals surface area contributed by atoms with Gasteiger partial charge in [-0.25, -0.2) is 0 Å². The van der Waals surface area contributed by atoms with Gasteiger partial charge >= 0.3 is 0 Å². The number of nitrogens with zero attached hydrogens (tertiary/aromatic N) is 1. The number of allylic oxidation sites excluding steroid dienone is 1. The highest BCUT2D eigenvalue weighted by molar-refractivity contribution is 5.44. The van der Waals surface area contributed by atoms with Gasteiger partial charge in [0.05, 0.1) is 0 Å². The van der Waals surface area contributed by atoms with Crippen molar-refractivity contribution in [3.8, 4) is 0 Å². The molecule has 2 aromatic rings. The minimum Gasteiger partial charge on any atom is -0.299 e. The number of hydrogen-bond donors (Lipinski definition) is 0. The van der Waals surface area contributed by atoms with Crippen molar-refractivity contribution in [1.82, 2.24) is 4.90 Å². The first-order chi connectivity index (χ1) is 12.1. The van der Waals surface area contributed by atoms with Crippen LogP contribution in [0, 0.1) is 18.8 Å². The molecule has 1 fully saturated rings. The average Bonchev–Trinajstić information content (AvgIpc) is 3.01. The summed E-state index contributed by atoms with van der Waals surface area (Å²) in [6, 6.07) is 18.3. The standard InChI is InChI=1S/C24H29N/c1-17(2)11-12-25-15-21-14-20-10-9-18(3)13-22(20)24(23(21)16-25)19-7-5-4-6-8-19/h4-11,13,21,23-24H,12,14-16H2,1-3H3. The van der Waals surface area contributed by atoms with Gasteiger partial charge in [0, 0.05) is 25.6 Å². The lowest BCUT2D eigenvalue weighted by Gasteiger charge is -2.36. The van der Waals surface area contributed by atoms with Crippen molar-refractivity contribution in [2.75, 3.05) is 19.6 Å². The van der Waals surface area contributed by atoms with E-state index in [1.165, 1.54) is 36.2 Å². The molecular weight excluding hydrogens is 302 g/mol. The highest BCUT2D eigenvalue weighted by atomic mass is 15.2. The molecule has 2 aromatic carbocycles. The normalized spacial score (nSPS) is 25.3. The zero-order valence-electron chi connectivity index (χ0n) is 15.7. The SMILES string of the molecule is CC(C)=CCN1CC2Cc3ccc(C)cc3C(c3ccccc3)C2C1. The molecule has 0 saturated carbocycles. The van der Waals surface area contributed by atoms with E-state index in [4.69, 9.17) is 0 Å². The van der Waals surface area contributed by atoms with E-state index >= 15 is 0 Å². The van der Waals surface area contributed by atoms with E-state index in [9.17, 15) is 0 Å². The Kier molecular flexibility index (Phi) is 4.52. The average molecular weight is 332 g/mol. The number of aryl methyl sites for hydroxylation is 1. The fourth-order valence-electron chi connectivity index (χ4n) is 4.83. The lowest BCUT2D eigenvalue weighted by Crippen LogP contribution is -2.29. The molecule has 130 valence electrons. The fourth-order valence-corrected chi connectivity index (χ4v) is 4.83. The Morgan fingerprint density at radius 3 is 2.64 bits per heavy atom. The van der Waals surface area contributed by atoms with Crippen LogP contribution in [0.3, 0.4) is 0 Å². The van der Waals surface area contributed by atoms with E-state index in [-0.39, 0.29) is 0 Å². The lowest BCUT2D eigenvalue weighted by atomic mass is 9.68. The minimum absolute atomic E-state index is 0.548. The summed E-state index contributed by atoms with van der Waals surface area (Å²) < 4.78 is 0. The molecule has 1 nitrogen and oxygen atoms in total. The number of hydrogen-bond acceptors (Lipinski definition) is 1. The van der Waals surface area contributed by atoms with Gasteiger partial charge in [0.1, 0.15) is 0 Å². The van der Waals surface area contributed by atoms with Crippen LogP contribution >= 0.6 is 0 Å². The van der Waals surface area contributed by atoms with Crippen molar-refractivity contribution in [2.24, 2.45) is 11.8 Å². The van der Waals surface area contributed by atoms with Crippen molar-refractivity contribution in [3.63, 3.8) is 0 Å². The van der Waals surface area contributed by atoms with Gasteiger partial charge in [-0.3, -0.25) is 4.90 Å². The van der Waals surface area contributed by atoms with Crippen LogP contribution in [0.2, 0.25) is 0 Å². The first-order valence-corrected chi connectivity index (χ1v) is 9.62. The summed E-state index contributed by atoms with van der Waals surface area (Å²) in [6.07, 6.45) is 3.63. The molecule has 1 heteroatoms. The van der Waals surface area contributed by atoms with Crippen LogP contribution in [0.4, 0.5) is 0 Å². The molecule has 1 aliphatic carbocycles. The molecule has 1 aliphatic heterocycles. The Hall–Kier alpha value is -1.86. The molecule has 0 spiro atoms. The number of likely N-dealkylation sites (tertiary alicyclic amines) is 1. The molecule has 3 atom stereocenters. The van der Waals surface area contributed by atoms with Gasteiger partial charge < -0.3 is 0 Å². The summed E-state index contributed by atoms with van der Waals surface area (Å²) >= 11 is 0. The molecule has 2 aliphatic rings. The molecule has 3 unspecified atom stereocenters. The Morgan fingerprint density at radius 2 is 1.88 bits per heavy atom. The number of benzene rings is 2. The highest BCUT2D eigenvalue weighted by Gasteiger charge is 2.42. The van der Waals surface area contributed by atoms with Gasteiger partial charge in [-0.15, -0.1) is 0 Å². The van der Waals surface area contributed by atoms with Gasteiger partial charge in [-0.1, -0.05) is 65.7 Å². The zero-order chi connectivity index (χ0) is 17.4. The highest BCUT2D eigenvalue weighted by Crippen LogP contribution is 2.47. The van der Waals surface area contributed by atoms with Crippen LogP contribution < -0.4 is 0 Å². The number of rotatable bonds is 3. The van der Waals surface area contributed by atoms with Crippen LogP contribution in [-0.2, 0) is 6.42 Å². The Bertz CT molecular complexity index is 770. The van der Waals surface area contributed by atoms with Gasteiger partial charge in [0.2, 0.25) is 0 Å². The molecule has 0 N–H and O–H groups in total. The smallest absolute Gasteiger partial charge is 0.0165 e. The van der Waals surface area contributed by atoms with E-state index in [1.54, 1.807) is 11.1 Å². The van der Waals surface area contributed by atoms with E-state index in [0.717, 1.165) is 18.4 Å². The Balaban J connectivity index is 1.71. The molecule has 25 heavy (non-hydrogen) atoms. The summed E-state index contributed by atoms with van der Waals surface area (Å²) in [6.45, 7) is 10.2. The maximum absolute atomic E-state index is 2.66. The predicted octanol–water partition coefficient (Wildman–Crippen LogP) is 5.20. The molecular formula is C24H29N. The Morgan fingerprint density at radius 1 is 1.08 bits per heavy atom. The van der Waals surface area contributed by atoms with E-state index in [0.29, 0.717) is 5.92 Å².